The van der Waals surface area contributed by atoms with Crippen LogP contribution >= 0.6 is 0 Å². The predicted octanol–water partition coefficient (Wildman–Crippen LogP) is 2.08. The number of hydrogen-bond donors (Lipinski definition) is 2. The van der Waals surface area contributed by atoms with Crippen LogP contribution in [0.15, 0.2) is 78.9 Å². The lowest BCUT2D eigenvalue weighted by Gasteiger charge is -2.34. The zero-order valence-electron chi connectivity index (χ0n) is 19.3. The number of carbonyl (C=O) groups is 1. The Morgan fingerprint density at radius 1 is 0.938 bits per heavy atom. The van der Waals surface area contributed by atoms with Crippen LogP contribution < -0.4 is 14.7 Å². The molecule has 1 atom stereocenters. The first kappa shape index (κ1) is 22.3. The molecule has 0 saturated carbocycles. The van der Waals surface area contributed by atoms with E-state index in [-0.39, 0.29) is 11.9 Å². The summed E-state index contributed by atoms with van der Waals surface area (Å²) >= 11 is 0. The summed E-state index contributed by atoms with van der Waals surface area (Å²) in [6, 6.07) is 25.0. The minimum absolute atomic E-state index is 0.0321. The third kappa shape index (κ3) is 5.09. The van der Waals surface area contributed by atoms with E-state index in [0.29, 0.717) is 6.54 Å². The standard InChI is InChI=1S/C28H33N3O/c1-3-31(27-17-9-15-25-14-7-8-16-26(25)27)28(32)23(2)30-21-19-29(20-22-30)18-10-13-24-11-5-4-6-12-24/h4-17,23H,3,18-22H2,1-2H3/p+2/b13-10+/t23-/m0/s1. The lowest BCUT2D eigenvalue weighted by Crippen LogP contribution is -3.30. The Balaban J connectivity index is 1.36. The molecule has 0 spiro atoms. The smallest absolute Gasteiger partial charge is 0.284 e. The van der Waals surface area contributed by atoms with Crippen molar-refractivity contribution in [2.45, 2.75) is 19.9 Å². The number of amides is 1. The number of nitrogens with one attached hydrogen (secondary N) is 2. The van der Waals surface area contributed by atoms with E-state index in [9.17, 15) is 4.79 Å². The van der Waals surface area contributed by atoms with Gasteiger partial charge in [-0.25, -0.2) is 0 Å². The topological polar surface area (TPSA) is 29.2 Å². The average molecular weight is 430 g/mol. The number of carbonyl (C=O) groups excluding carboxylic acids is 1. The van der Waals surface area contributed by atoms with Crippen molar-refractivity contribution >= 4 is 28.4 Å². The Morgan fingerprint density at radius 2 is 1.62 bits per heavy atom. The van der Waals surface area contributed by atoms with Crippen molar-refractivity contribution in [2.75, 3.05) is 44.2 Å². The zero-order chi connectivity index (χ0) is 22.3. The van der Waals surface area contributed by atoms with Crippen molar-refractivity contribution in [1.29, 1.82) is 0 Å². The first-order valence-corrected chi connectivity index (χ1v) is 11.9. The number of benzene rings is 3. The molecule has 1 aliphatic rings. The number of rotatable bonds is 7. The van der Waals surface area contributed by atoms with E-state index >= 15 is 0 Å². The molecule has 166 valence electrons. The highest BCUT2D eigenvalue weighted by atomic mass is 16.2. The van der Waals surface area contributed by atoms with Gasteiger partial charge in [-0.3, -0.25) is 4.79 Å². The molecule has 0 radical (unpaired) electrons. The van der Waals surface area contributed by atoms with Crippen LogP contribution in [-0.4, -0.2) is 51.2 Å². The van der Waals surface area contributed by atoms with Crippen LogP contribution in [0.5, 0.6) is 0 Å². The van der Waals surface area contributed by atoms with E-state index in [1.807, 2.05) is 23.1 Å². The van der Waals surface area contributed by atoms with Crippen molar-refractivity contribution in [2.24, 2.45) is 0 Å². The fraction of sp³-hybridized carbons (Fsp3) is 0.321. The molecule has 32 heavy (non-hydrogen) atoms. The molecule has 0 aliphatic carbocycles. The van der Waals surface area contributed by atoms with Crippen molar-refractivity contribution in [3.05, 3.63) is 84.4 Å². The number of quaternary nitrogens is 2. The Morgan fingerprint density at radius 3 is 2.38 bits per heavy atom. The molecule has 1 saturated heterocycles. The number of nitrogens with zero attached hydrogens (tertiary/aromatic N) is 1. The molecule has 4 heteroatoms. The second kappa shape index (κ2) is 10.6. The van der Waals surface area contributed by atoms with Crippen LogP contribution in [0.2, 0.25) is 0 Å². The fourth-order valence-electron chi connectivity index (χ4n) is 4.78. The van der Waals surface area contributed by atoms with E-state index in [2.05, 4.69) is 80.6 Å². The molecule has 1 fully saturated rings. The monoisotopic (exact) mass is 429 g/mol. The van der Waals surface area contributed by atoms with E-state index in [1.54, 1.807) is 4.90 Å². The van der Waals surface area contributed by atoms with E-state index < -0.39 is 0 Å². The molecule has 4 rings (SSSR count). The van der Waals surface area contributed by atoms with Crippen LogP contribution in [0.4, 0.5) is 5.69 Å². The number of likely N-dealkylation sites (N-methyl/N-ethyl adjacent to an activating group) is 1. The molecular weight excluding hydrogens is 394 g/mol. The summed E-state index contributed by atoms with van der Waals surface area (Å²) in [6.07, 6.45) is 4.49. The van der Waals surface area contributed by atoms with Crippen molar-refractivity contribution < 1.29 is 14.6 Å². The number of hydrogen-bond acceptors (Lipinski definition) is 1. The number of piperazine rings is 1. The molecule has 1 amide bonds. The Hall–Kier alpha value is -2.95. The summed E-state index contributed by atoms with van der Waals surface area (Å²) in [5, 5.41) is 2.32. The molecule has 1 heterocycles. The van der Waals surface area contributed by atoms with Crippen LogP contribution in [0.3, 0.4) is 0 Å². The average Bonchev–Trinajstić information content (AvgIpc) is 2.85. The zero-order valence-corrected chi connectivity index (χ0v) is 19.3. The van der Waals surface area contributed by atoms with Crippen LogP contribution in [0.25, 0.3) is 16.8 Å². The Labute approximate surface area is 191 Å². The van der Waals surface area contributed by atoms with Gasteiger partial charge in [0.2, 0.25) is 0 Å². The highest BCUT2D eigenvalue weighted by Crippen LogP contribution is 2.26. The van der Waals surface area contributed by atoms with Crippen molar-refractivity contribution in [3.8, 4) is 0 Å². The van der Waals surface area contributed by atoms with E-state index in [0.717, 1.165) is 43.8 Å². The summed E-state index contributed by atoms with van der Waals surface area (Å²) in [6.45, 7) is 10.2. The quantitative estimate of drug-likeness (QED) is 0.592. The van der Waals surface area contributed by atoms with Gasteiger partial charge in [0.15, 0.2) is 6.04 Å². The maximum absolute atomic E-state index is 13.5. The highest BCUT2D eigenvalue weighted by Gasteiger charge is 2.33. The summed E-state index contributed by atoms with van der Waals surface area (Å²) < 4.78 is 0. The lowest BCUT2D eigenvalue weighted by atomic mass is 10.1. The van der Waals surface area contributed by atoms with Gasteiger partial charge in [0.1, 0.15) is 26.2 Å². The number of anilines is 1. The van der Waals surface area contributed by atoms with Crippen LogP contribution in [-0.2, 0) is 4.79 Å². The SMILES string of the molecule is CCN(C(=O)[C@H](C)[NH+]1CC[NH+](C/C=C/c2ccccc2)CC1)c1cccc2ccccc12. The molecule has 4 nitrogen and oxygen atoms in total. The minimum Gasteiger partial charge on any atom is -0.322 e. The van der Waals surface area contributed by atoms with Gasteiger partial charge in [0.05, 0.1) is 12.2 Å². The van der Waals surface area contributed by atoms with Gasteiger partial charge in [0, 0.05) is 11.9 Å². The van der Waals surface area contributed by atoms with E-state index in [4.69, 9.17) is 0 Å². The van der Waals surface area contributed by atoms with Gasteiger partial charge in [0.25, 0.3) is 5.91 Å². The molecule has 1 aliphatic heterocycles. The molecule has 3 aromatic carbocycles. The fourth-order valence-corrected chi connectivity index (χ4v) is 4.78. The van der Waals surface area contributed by atoms with Gasteiger partial charge in [-0.2, -0.15) is 0 Å². The second-order valence-electron chi connectivity index (χ2n) is 8.73. The maximum Gasteiger partial charge on any atom is 0.284 e. The normalized spacial score (nSPS) is 19.8. The summed E-state index contributed by atoms with van der Waals surface area (Å²) in [5.41, 5.74) is 2.28. The summed E-state index contributed by atoms with van der Waals surface area (Å²) in [7, 11) is 0. The van der Waals surface area contributed by atoms with Crippen molar-refractivity contribution in [1.82, 2.24) is 0 Å². The Kier molecular flexibility index (Phi) is 7.35. The third-order valence-corrected chi connectivity index (χ3v) is 6.74. The molecule has 0 unspecified atom stereocenters. The predicted molar refractivity (Wildman–Crippen MR) is 133 cm³/mol. The largest absolute Gasteiger partial charge is 0.322 e. The van der Waals surface area contributed by atoms with Gasteiger partial charge >= 0.3 is 0 Å². The number of fused-ring (bicyclic) bond motifs is 1. The second-order valence-corrected chi connectivity index (χ2v) is 8.73. The third-order valence-electron chi connectivity index (χ3n) is 6.74. The summed E-state index contributed by atoms with van der Waals surface area (Å²) in [5.74, 6) is 0.228. The van der Waals surface area contributed by atoms with Gasteiger partial charge in [-0.05, 0) is 36.9 Å². The highest BCUT2D eigenvalue weighted by molar-refractivity contribution is 6.04. The summed E-state index contributed by atoms with van der Waals surface area (Å²) in [4.78, 5) is 18.5. The first-order chi connectivity index (χ1) is 15.7. The van der Waals surface area contributed by atoms with E-state index in [1.165, 1.54) is 15.8 Å². The lowest BCUT2D eigenvalue weighted by molar-refractivity contribution is -1.02. The molecule has 0 bridgehead atoms. The molecule has 0 aromatic heterocycles. The molecule has 3 aromatic rings. The van der Waals surface area contributed by atoms with Gasteiger partial charge < -0.3 is 14.7 Å². The molecular formula is C28H35N3O+2. The maximum atomic E-state index is 13.5. The minimum atomic E-state index is -0.0321. The van der Waals surface area contributed by atoms with Crippen molar-refractivity contribution in [3.63, 3.8) is 0 Å². The van der Waals surface area contributed by atoms with Gasteiger partial charge in [-0.1, -0.05) is 72.8 Å². The van der Waals surface area contributed by atoms with Crippen LogP contribution in [0, 0.1) is 0 Å². The van der Waals surface area contributed by atoms with Gasteiger partial charge in [-0.15, -0.1) is 0 Å². The van der Waals surface area contributed by atoms with Crippen LogP contribution in [0.1, 0.15) is 19.4 Å². The first-order valence-electron chi connectivity index (χ1n) is 11.9. The Bertz CT molecular complexity index is 1050. The molecule has 2 N–H and O–H groups in total.